The van der Waals surface area contributed by atoms with Gasteiger partial charge in [-0.1, -0.05) is 17.7 Å². The van der Waals surface area contributed by atoms with E-state index < -0.39 is 10.0 Å². The van der Waals surface area contributed by atoms with Gasteiger partial charge >= 0.3 is 0 Å². The van der Waals surface area contributed by atoms with Gasteiger partial charge in [-0.2, -0.15) is 5.10 Å². The maximum absolute atomic E-state index is 12.8. The van der Waals surface area contributed by atoms with Crippen LogP contribution in [-0.4, -0.2) is 29.6 Å². The van der Waals surface area contributed by atoms with E-state index in [1.54, 1.807) is 13.8 Å². The minimum absolute atomic E-state index is 0.138. The van der Waals surface area contributed by atoms with Crippen molar-refractivity contribution < 1.29 is 8.42 Å². The number of rotatable bonds is 3. The number of fused-ring (bicyclic) bond motifs is 3. The molecule has 0 fully saturated rings. The summed E-state index contributed by atoms with van der Waals surface area (Å²) >= 11 is 6.06. The lowest BCUT2D eigenvalue weighted by atomic mass is 9.92. The molecule has 8 heteroatoms. The van der Waals surface area contributed by atoms with Crippen LogP contribution in [0.3, 0.4) is 0 Å². The van der Waals surface area contributed by atoms with Crippen LogP contribution < -0.4 is 4.72 Å². The second-order valence-corrected chi connectivity index (χ2v) is 8.68. The number of aryl methyl sites for hydroxylation is 3. The minimum atomic E-state index is -3.60. The van der Waals surface area contributed by atoms with Gasteiger partial charge in [0.2, 0.25) is 10.0 Å². The number of sulfonamides is 1. The molecule has 1 aromatic carbocycles. The number of nitrogens with one attached hydrogen (secondary N) is 3. The normalized spacial score (nSPS) is 17.8. The molecule has 0 aliphatic heterocycles. The summed E-state index contributed by atoms with van der Waals surface area (Å²) in [6.07, 6.45) is 2.22. The Hall–Kier alpha value is -1.83. The van der Waals surface area contributed by atoms with E-state index in [0.717, 1.165) is 23.7 Å². The lowest BCUT2D eigenvalue weighted by Gasteiger charge is -2.23. The Kier molecular flexibility index (Phi) is 3.90. The lowest BCUT2D eigenvalue weighted by Crippen LogP contribution is -2.39. The molecule has 2 aromatic heterocycles. The maximum atomic E-state index is 12.8. The summed E-state index contributed by atoms with van der Waals surface area (Å²) in [4.78, 5) is 3.66. The quantitative estimate of drug-likeness (QED) is 0.654. The Morgan fingerprint density at radius 2 is 2.12 bits per heavy atom. The first kappa shape index (κ1) is 16.6. The Balaban J connectivity index is 1.64. The topological polar surface area (TPSA) is 90.6 Å². The third-order valence-electron chi connectivity index (χ3n) is 4.80. The highest BCUT2D eigenvalue weighted by Crippen LogP contribution is 2.31. The summed E-state index contributed by atoms with van der Waals surface area (Å²) in [5, 5.41) is 8.52. The van der Waals surface area contributed by atoms with Crippen LogP contribution in [0.1, 0.15) is 29.1 Å². The standard InChI is InChI=1S/C17H19ClN4O2S/c1-9-17(10(2)21-20-9)25(23,24)22-12-4-6-15-14(8-12)13-5-3-11(18)7-16(13)19-15/h3,5,7,12,19,22H,4,6,8H2,1-2H3,(H,20,21). The van der Waals surface area contributed by atoms with E-state index in [4.69, 9.17) is 11.6 Å². The van der Waals surface area contributed by atoms with Crippen molar-refractivity contribution in [3.63, 3.8) is 0 Å². The fourth-order valence-corrected chi connectivity index (χ4v) is 5.53. The van der Waals surface area contributed by atoms with Gasteiger partial charge in [-0.15, -0.1) is 0 Å². The van der Waals surface area contributed by atoms with Crippen molar-refractivity contribution in [1.29, 1.82) is 0 Å². The molecule has 3 aromatic rings. The van der Waals surface area contributed by atoms with Crippen molar-refractivity contribution in [3.05, 3.63) is 45.9 Å². The number of aromatic amines is 2. The molecule has 1 aliphatic rings. The summed E-state index contributed by atoms with van der Waals surface area (Å²) < 4.78 is 28.4. The van der Waals surface area contributed by atoms with E-state index in [-0.39, 0.29) is 10.9 Å². The first-order valence-electron chi connectivity index (χ1n) is 8.18. The van der Waals surface area contributed by atoms with Gasteiger partial charge in [0.05, 0.1) is 11.4 Å². The van der Waals surface area contributed by atoms with Gasteiger partial charge in [-0.3, -0.25) is 5.10 Å². The van der Waals surface area contributed by atoms with Gasteiger partial charge in [-0.25, -0.2) is 13.1 Å². The van der Waals surface area contributed by atoms with Crippen LogP contribution in [0.2, 0.25) is 5.02 Å². The zero-order valence-electron chi connectivity index (χ0n) is 14.0. The second kappa shape index (κ2) is 5.86. The summed E-state index contributed by atoms with van der Waals surface area (Å²) in [6.45, 7) is 3.41. The number of hydrogen-bond acceptors (Lipinski definition) is 3. The summed E-state index contributed by atoms with van der Waals surface area (Å²) in [5.74, 6) is 0. The predicted octanol–water partition coefficient (Wildman–Crippen LogP) is 3.00. The van der Waals surface area contributed by atoms with Crippen LogP contribution >= 0.6 is 11.6 Å². The van der Waals surface area contributed by atoms with E-state index in [1.165, 1.54) is 11.3 Å². The van der Waals surface area contributed by atoms with E-state index in [1.807, 2.05) is 18.2 Å². The van der Waals surface area contributed by atoms with Crippen molar-refractivity contribution in [2.24, 2.45) is 0 Å². The van der Waals surface area contributed by atoms with E-state index >= 15 is 0 Å². The molecular weight excluding hydrogens is 360 g/mol. The van der Waals surface area contributed by atoms with Crippen LogP contribution in [-0.2, 0) is 22.9 Å². The molecule has 0 radical (unpaired) electrons. The van der Waals surface area contributed by atoms with Crippen LogP contribution in [0.15, 0.2) is 23.1 Å². The largest absolute Gasteiger partial charge is 0.358 e. The van der Waals surface area contributed by atoms with Gasteiger partial charge in [0.25, 0.3) is 0 Å². The summed E-state index contributed by atoms with van der Waals surface area (Å²) in [7, 11) is -3.60. The number of hydrogen-bond donors (Lipinski definition) is 3. The van der Waals surface area contributed by atoms with E-state index in [0.29, 0.717) is 22.8 Å². The van der Waals surface area contributed by atoms with Crippen molar-refractivity contribution >= 4 is 32.5 Å². The molecule has 4 rings (SSSR count). The zero-order valence-corrected chi connectivity index (χ0v) is 15.6. The van der Waals surface area contributed by atoms with Gasteiger partial charge in [0.1, 0.15) is 4.90 Å². The molecule has 1 aliphatic carbocycles. The van der Waals surface area contributed by atoms with Gasteiger partial charge < -0.3 is 4.98 Å². The average molecular weight is 379 g/mol. The van der Waals surface area contributed by atoms with Crippen molar-refractivity contribution in [3.8, 4) is 0 Å². The summed E-state index contributed by atoms with van der Waals surface area (Å²) in [6, 6.07) is 5.63. The first-order valence-corrected chi connectivity index (χ1v) is 10.0. The lowest BCUT2D eigenvalue weighted by molar-refractivity contribution is 0.506. The van der Waals surface area contributed by atoms with Crippen molar-refractivity contribution in [2.75, 3.05) is 0 Å². The average Bonchev–Trinajstić information content (AvgIpc) is 3.06. The Bertz CT molecular complexity index is 1050. The third kappa shape index (κ3) is 2.86. The number of nitrogens with zero attached hydrogens (tertiary/aromatic N) is 1. The fourth-order valence-electron chi connectivity index (χ4n) is 3.71. The molecule has 0 saturated heterocycles. The molecule has 0 saturated carbocycles. The zero-order chi connectivity index (χ0) is 17.8. The molecule has 1 atom stereocenters. The molecular formula is C17H19ClN4O2S. The molecule has 0 spiro atoms. The molecule has 0 bridgehead atoms. The van der Waals surface area contributed by atoms with Crippen molar-refractivity contribution in [2.45, 2.75) is 44.0 Å². The van der Waals surface area contributed by atoms with Gasteiger partial charge in [-0.05, 0) is 50.8 Å². The number of H-pyrrole nitrogens is 2. The van der Waals surface area contributed by atoms with Crippen LogP contribution in [0.25, 0.3) is 10.9 Å². The van der Waals surface area contributed by atoms with Crippen LogP contribution in [0, 0.1) is 13.8 Å². The smallest absolute Gasteiger partial charge is 0.244 e. The molecule has 25 heavy (non-hydrogen) atoms. The highest BCUT2D eigenvalue weighted by molar-refractivity contribution is 7.89. The fraction of sp³-hybridized carbons (Fsp3) is 0.353. The monoisotopic (exact) mass is 378 g/mol. The van der Waals surface area contributed by atoms with Gasteiger partial charge in [0.15, 0.2) is 0 Å². The first-order chi connectivity index (χ1) is 11.8. The highest BCUT2D eigenvalue weighted by Gasteiger charge is 2.29. The molecule has 2 heterocycles. The Morgan fingerprint density at radius 3 is 2.84 bits per heavy atom. The maximum Gasteiger partial charge on any atom is 0.244 e. The molecule has 0 amide bonds. The van der Waals surface area contributed by atoms with E-state index in [9.17, 15) is 8.42 Å². The SMILES string of the molecule is Cc1n[nH]c(C)c1S(=O)(=O)NC1CCc2[nH]c3cc(Cl)ccc3c2C1. The molecule has 3 N–H and O–H groups in total. The van der Waals surface area contributed by atoms with Gasteiger partial charge in [0, 0.05) is 27.7 Å². The Labute approximate surface area is 151 Å². The second-order valence-electron chi connectivity index (χ2n) is 6.60. The van der Waals surface area contributed by atoms with Crippen molar-refractivity contribution in [1.82, 2.24) is 19.9 Å². The summed E-state index contributed by atoms with van der Waals surface area (Å²) in [5.41, 5.74) is 4.39. The number of aromatic nitrogens is 3. The van der Waals surface area contributed by atoms with Crippen LogP contribution in [0.4, 0.5) is 0 Å². The minimum Gasteiger partial charge on any atom is -0.358 e. The molecule has 132 valence electrons. The number of halogens is 1. The number of benzene rings is 1. The predicted molar refractivity (Wildman–Crippen MR) is 97.5 cm³/mol. The Morgan fingerprint density at radius 1 is 1.32 bits per heavy atom. The highest BCUT2D eigenvalue weighted by atomic mass is 35.5. The molecule has 6 nitrogen and oxygen atoms in total. The van der Waals surface area contributed by atoms with Crippen LogP contribution in [0.5, 0.6) is 0 Å². The third-order valence-corrected chi connectivity index (χ3v) is 6.82. The van der Waals surface area contributed by atoms with E-state index in [2.05, 4.69) is 19.9 Å². The molecule has 1 unspecified atom stereocenters.